The molecule has 3 aromatic heterocycles. The summed E-state index contributed by atoms with van der Waals surface area (Å²) in [5, 5.41) is 10.4. The number of aromatic nitrogens is 5. The quantitative estimate of drug-likeness (QED) is 0.426. The lowest BCUT2D eigenvalue weighted by atomic mass is 10.2. The minimum atomic E-state index is -0.161. The van der Waals surface area contributed by atoms with E-state index in [-0.39, 0.29) is 5.91 Å². The van der Waals surface area contributed by atoms with E-state index in [1.165, 1.54) is 11.3 Å². The molecule has 0 unspecified atom stereocenters. The molecule has 0 saturated heterocycles. The Hall–Kier alpha value is -4.11. The van der Waals surface area contributed by atoms with Gasteiger partial charge in [-0.05, 0) is 55.5 Å². The zero-order chi connectivity index (χ0) is 21.2. The molecule has 0 aliphatic rings. The zero-order valence-corrected chi connectivity index (χ0v) is 17.3. The number of rotatable bonds is 5. The van der Waals surface area contributed by atoms with E-state index >= 15 is 0 Å². The maximum absolute atomic E-state index is 12.6. The molecular formula is C22H17N7OS. The smallest absolute Gasteiger partial charge is 0.255 e. The number of hydrogen-bond donors (Lipinski definition) is 2. The number of nitrogens with zero attached hydrogens (tertiary/aromatic N) is 5. The second-order valence-corrected chi connectivity index (χ2v) is 7.69. The molecule has 0 aliphatic heterocycles. The number of aryl methyl sites for hydroxylation is 1. The van der Waals surface area contributed by atoms with Crippen molar-refractivity contribution < 1.29 is 4.79 Å². The van der Waals surface area contributed by atoms with Gasteiger partial charge >= 0.3 is 0 Å². The van der Waals surface area contributed by atoms with Crippen molar-refractivity contribution in [2.45, 2.75) is 6.92 Å². The second kappa shape index (κ2) is 7.96. The number of anilines is 3. The molecule has 9 heteroatoms. The summed E-state index contributed by atoms with van der Waals surface area (Å²) in [5.41, 5.74) is 4.81. The van der Waals surface area contributed by atoms with E-state index in [2.05, 4.69) is 30.7 Å². The third kappa shape index (κ3) is 4.12. The van der Waals surface area contributed by atoms with Gasteiger partial charge in [0.15, 0.2) is 5.82 Å². The molecule has 2 aromatic carbocycles. The van der Waals surface area contributed by atoms with Gasteiger partial charge in [0.05, 0.1) is 15.7 Å². The molecule has 2 N–H and O–H groups in total. The number of benzene rings is 2. The van der Waals surface area contributed by atoms with E-state index in [0.717, 1.165) is 15.9 Å². The van der Waals surface area contributed by atoms with Crippen LogP contribution in [0.4, 0.5) is 17.2 Å². The van der Waals surface area contributed by atoms with Gasteiger partial charge in [0.1, 0.15) is 11.6 Å². The van der Waals surface area contributed by atoms with Crippen LogP contribution in [-0.4, -0.2) is 30.6 Å². The van der Waals surface area contributed by atoms with Crippen LogP contribution in [0, 0.1) is 6.92 Å². The predicted molar refractivity (Wildman–Crippen MR) is 121 cm³/mol. The number of nitrogens with one attached hydrogen (secondary N) is 2. The highest BCUT2D eigenvalue weighted by atomic mass is 32.1. The van der Waals surface area contributed by atoms with Crippen LogP contribution in [0.25, 0.3) is 16.0 Å². The third-order valence-corrected chi connectivity index (χ3v) is 5.36. The van der Waals surface area contributed by atoms with Crippen LogP contribution >= 0.6 is 11.3 Å². The maximum Gasteiger partial charge on any atom is 0.255 e. The molecule has 0 bridgehead atoms. The number of amides is 1. The topological polar surface area (TPSA) is 97.6 Å². The Bertz CT molecular complexity index is 1360. The van der Waals surface area contributed by atoms with Crippen molar-refractivity contribution in [1.82, 2.24) is 24.7 Å². The lowest BCUT2D eigenvalue weighted by molar-refractivity contribution is 0.102. The molecule has 0 fully saturated rings. The molecule has 0 spiro atoms. The summed E-state index contributed by atoms with van der Waals surface area (Å²) >= 11 is 1.51. The first kappa shape index (κ1) is 18.9. The molecule has 0 aliphatic carbocycles. The van der Waals surface area contributed by atoms with Gasteiger partial charge in [0.2, 0.25) is 0 Å². The number of fused-ring (bicyclic) bond motifs is 1. The van der Waals surface area contributed by atoms with Gasteiger partial charge in [-0.2, -0.15) is 5.10 Å². The second-order valence-electron chi connectivity index (χ2n) is 6.80. The molecule has 0 radical (unpaired) electrons. The molecule has 5 rings (SSSR count). The Morgan fingerprint density at radius 3 is 2.68 bits per heavy atom. The summed E-state index contributed by atoms with van der Waals surface area (Å²) in [7, 11) is 0. The lowest BCUT2D eigenvalue weighted by Gasteiger charge is -2.10. The summed E-state index contributed by atoms with van der Waals surface area (Å²) in [6.45, 7) is 1.83. The SMILES string of the molecule is Cc1nc(Nc2ccc(NC(=O)c3ccc4ncsc4c3)cc2)cc(-n2cccn2)n1. The fourth-order valence-electron chi connectivity index (χ4n) is 3.12. The van der Waals surface area contributed by atoms with E-state index in [0.29, 0.717) is 28.7 Å². The standard InChI is InChI=1S/C22H17N7OS/c1-14-25-20(12-21(26-14)29-10-2-9-24-29)27-16-4-6-17(7-5-16)28-22(30)15-3-8-18-19(11-15)31-13-23-18/h2-13H,1H3,(H,28,30)(H,25,26,27). The largest absolute Gasteiger partial charge is 0.340 e. The van der Waals surface area contributed by atoms with Crippen molar-refractivity contribution in [2.75, 3.05) is 10.6 Å². The summed E-state index contributed by atoms with van der Waals surface area (Å²) < 4.78 is 2.67. The molecule has 8 nitrogen and oxygen atoms in total. The molecule has 0 atom stereocenters. The van der Waals surface area contributed by atoms with Gasteiger partial charge in [-0.25, -0.2) is 19.6 Å². The maximum atomic E-state index is 12.6. The number of hydrogen-bond acceptors (Lipinski definition) is 7. The highest BCUT2D eigenvalue weighted by molar-refractivity contribution is 7.16. The molecular weight excluding hydrogens is 410 g/mol. The predicted octanol–water partition coefficient (Wildman–Crippen LogP) is 4.58. The lowest BCUT2D eigenvalue weighted by Crippen LogP contribution is -2.11. The van der Waals surface area contributed by atoms with Crippen LogP contribution < -0.4 is 10.6 Å². The minimum Gasteiger partial charge on any atom is -0.340 e. The summed E-state index contributed by atoms with van der Waals surface area (Å²) in [5.74, 6) is 1.82. The molecule has 1 amide bonds. The highest BCUT2D eigenvalue weighted by Gasteiger charge is 2.09. The van der Waals surface area contributed by atoms with Crippen LogP contribution in [0.2, 0.25) is 0 Å². The van der Waals surface area contributed by atoms with Crippen molar-refractivity contribution in [2.24, 2.45) is 0 Å². The fourth-order valence-corrected chi connectivity index (χ4v) is 3.84. The van der Waals surface area contributed by atoms with Crippen molar-refractivity contribution >= 4 is 44.7 Å². The molecule has 0 saturated carbocycles. The monoisotopic (exact) mass is 427 g/mol. The van der Waals surface area contributed by atoms with Gasteiger partial charge in [-0.3, -0.25) is 4.79 Å². The Morgan fingerprint density at radius 2 is 1.87 bits per heavy atom. The zero-order valence-electron chi connectivity index (χ0n) is 16.5. The van der Waals surface area contributed by atoms with Crippen molar-refractivity contribution in [3.8, 4) is 5.82 Å². The first-order valence-electron chi connectivity index (χ1n) is 9.51. The summed E-state index contributed by atoms with van der Waals surface area (Å²) in [6, 6.07) is 16.6. The molecule has 5 aromatic rings. The van der Waals surface area contributed by atoms with Gasteiger partial charge < -0.3 is 10.6 Å². The van der Waals surface area contributed by atoms with Gasteiger partial charge in [0, 0.05) is 35.4 Å². The van der Waals surface area contributed by atoms with Gasteiger partial charge in [0.25, 0.3) is 5.91 Å². The van der Waals surface area contributed by atoms with Crippen LogP contribution in [-0.2, 0) is 0 Å². The highest BCUT2D eigenvalue weighted by Crippen LogP contribution is 2.22. The Kier molecular flexibility index (Phi) is 4.85. The van der Waals surface area contributed by atoms with Crippen LogP contribution in [0.15, 0.2) is 72.5 Å². The van der Waals surface area contributed by atoms with Crippen LogP contribution in [0.5, 0.6) is 0 Å². The summed E-state index contributed by atoms with van der Waals surface area (Å²) in [6.07, 6.45) is 3.53. The van der Waals surface area contributed by atoms with Crippen molar-refractivity contribution in [3.05, 3.63) is 83.9 Å². The van der Waals surface area contributed by atoms with Crippen molar-refractivity contribution in [1.29, 1.82) is 0 Å². The number of carbonyl (C=O) groups excluding carboxylic acids is 1. The van der Waals surface area contributed by atoms with E-state index < -0.39 is 0 Å². The van der Waals surface area contributed by atoms with E-state index in [4.69, 9.17) is 0 Å². The molecule has 152 valence electrons. The molecule has 3 heterocycles. The Morgan fingerprint density at radius 1 is 1.03 bits per heavy atom. The summed E-state index contributed by atoms with van der Waals surface area (Å²) in [4.78, 5) is 25.7. The van der Waals surface area contributed by atoms with E-state index in [9.17, 15) is 4.79 Å². The number of carbonyl (C=O) groups is 1. The Labute approximate surface area is 181 Å². The van der Waals surface area contributed by atoms with E-state index in [1.807, 2.05) is 61.7 Å². The normalized spacial score (nSPS) is 10.9. The fraction of sp³-hybridized carbons (Fsp3) is 0.0455. The van der Waals surface area contributed by atoms with Crippen LogP contribution in [0.1, 0.15) is 16.2 Å². The van der Waals surface area contributed by atoms with E-state index in [1.54, 1.807) is 22.5 Å². The average Bonchev–Trinajstić information content (AvgIpc) is 3.46. The van der Waals surface area contributed by atoms with Gasteiger partial charge in [-0.1, -0.05) is 0 Å². The van der Waals surface area contributed by atoms with Crippen molar-refractivity contribution in [3.63, 3.8) is 0 Å². The molecule has 31 heavy (non-hydrogen) atoms. The third-order valence-electron chi connectivity index (χ3n) is 4.57. The minimum absolute atomic E-state index is 0.161. The average molecular weight is 427 g/mol. The first-order chi connectivity index (χ1) is 15.1. The Balaban J connectivity index is 1.29. The number of thiazole rings is 1. The van der Waals surface area contributed by atoms with Gasteiger partial charge in [-0.15, -0.1) is 11.3 Å². The van der Waals surface area contributed by atoms with Crippen LogP contribution in [0.3, 0.4) is 0 Å². The first-order valence-corrected chi connectivity index (χ1v) is 10.4.